The molecule has 0 bridgehead atoms. The number of oxime groups is 1. The maximum Gasteiger partial charge on any atom is 0.325 e. The minimum atomic E-state index is -0.527. The van der Waals surface area contributed by atoms with Gasteiger partial charge in [0.2, 0.25) is 0 Å². The van der Waals surface area contributed by atoms with Crippen LogP contribution in [0.5, 0.6) is 0 Å². The average Bonchev–Trinajstić information content (AvgIpc) is 2.13. The Kier molecular flexibility index (Phi) is 1.74. The van der Waals surface area contributed by atoms with Crippen LogP contribution in [0.2, 0.25) is 0 Å². The Hall–Kier alpha value is -1.26. The third-order valence-electron chi connectivity index (χ3n) is 2.37. The van der Waals surface area contributed by atoms with Crippen molar-refractivity contribution in [3.05, 3.63) is 0 Å². The predicted molar refractivity (Wildman–Crippen MR) is 44.2 cm³/mol. The van der Waals surface area contributed by atoms with Crippen LogP contribution in [0.25, 0.3) is 0 Å². The molecule has 0 saturated carbocycles. The summed E-state index contributed by atoms with van der Waals surface area (Å²) in [4.78, 5) is 14.2. The molecule has 1 heterocycles. The summed E-state index contributed by atoms with van der Waals surface area (Å²) in [5.41, 5.74) is -0.527. The Labute approximate surface area is 71.2 Å². The molecule has 68 valence electrons. The average molecular weight is 171 g/mol. The number of amides is 2. The lowest BCUT2D eigenvalue weighted by Gasteiger charge is -2.24. The normalized spacial score (nSPS) is 25.7. The van der Waals surface area contributed by atoms with Gasteiger partial charge in [0.1, 0.15) is 5.54 Å². The quantitative estimate of drug-likeness (QED) is 0.427. The van der Waals surface area contributed by atoms with Gasteiger partial charge in [-0.1, -0.05) is 5.16 Å². The second-order valence-electron chi connectivity index (χ2n) is 3.38. The largest absolute Gasteiger partial charge is 0.409 e. The van der Waals surface area contributed by atoms with Crippen molar-refractivity contribution in [2.75, 3.05) is 14.1 Å². The smallest absolute Gasteiger partial charge is 0.325 e. The second kappa shape index (κ2) is 2.36. The lowest BCUT2D eigenvalue weighted by Crippen LogP contribution is -2.41. The van der Waals surface area contributed by atoms with E-state index in [0.29, 0.717) is 5.84 Å². The second-order valence-corrected chi connectivity index (χ2v) is 3.38. The summed E-state index contributed by atoms with van der Waals surface area (Å²) in [6, 6.07) is -0.159. The molecule has 5 heteroatoms. The Balaban J connectivity index is 3.14. The van der Waals surface area contributed by atoms with Gasteiger partial charge in [0.05, 0.1) is 0 Å². The highest BCUT2D eigenvalue weighted by molar-refractivity contribution is 6.08. The summed E-state index contributed by atoms with van der Waals surface area (Å²) in [7, 11) is 3.26. The molecule has 1 N–H and O–H groups in total. The first-order chi connectivity index (χ1) is 5.42. The summed E-state index contributed by atoms with van der Waals surface area (Å²) >= 11 is 0. The number of hydrogen-bond acceptors (Lipinski definition) is 3. The maximum absolute atomic E-state index is 11.3. The number of carbonyl (C=O) groups is 1. The van der Waals surface area contributed by atoms with Crippen molar-refractivity contribution in [2.24, 2.45) is 5.16 Å². The number of rotatable bonds is 0. The minimum Gasteiger partial charge on any atom is -0.409 e. The Bertz CT molecular complexity index is 247. The van der Waals surface area contributed by atoms with E-state index < -0.39 is 5.54 Å². The summed E-state index contributed by atoms with van der Waals surface area (Å²) in [6.45, 7) is 3.65. The fourth-order valence-electron chi connectivity index (χ4n) is 1.30. The van der Waals surface area contributed by atoms with Gasteiger partial charge in [-0.3, -0.25) is 4.90 Å². The van der Waals surface area contributed by atoms with Crippen molar-refractivity contribution in [1.82, 2.24) is 9.80 Å². The standard InChI is InChI=1S/C7H13N3O2/c1-7(2)5(8-12)9(3)6(11)10(7)4/h12H,1-4H3/b8-5+. The molecule has 0 atom stereocenters. The molecule has 0 aliphatic carbocycles. The lowest BCUT2D eigenvalue weighted by molar-refractivity contribution is 0.191. The van der Waals surface area contributed by atoms with E-state index in [1.54, 1.807) is 14.1 Å². The van der Waals surface area contributed by atoms with E-state index in [-0.39, 0.29) is 6.03 Å². The van der Waals surface area contributed by atoms with Crippen LogP contribution in [0.1, 0.15) is 13.8 Å². The van der Waals surface area contributed by atoms with Crippen molar-refractivity contribution in [2.45, 2.75) is 19.4 Å². The van der Waals surface area contributed by atoms with Crippen LogP contribution in [0.3, 0.4) is 0 Å². The predicted octanol–water partition coefficient (Wildman–Crippen LogP) is 0.550. The monoisotopic (exact) mass is 171 g/mol. The summed E-state index contributed by atoms with van der Waals surface area (Å²) in [6.07, 6.45) is 0. The molecular formula is C7H13N3O2. The minimum absolute atomic E-state index is 0.159. The van der Waals surface area contributed by atoms with Crippen LogP contribution >= 0.6 is 0 Å². The van der Waals surface area contributed by atoms with Crippen LogP contribution in [0, 0.1) is 0 Å². The van der Waals surface area contributed by atoms with E-state index in [0.717, 1.165) is 0 Å². The number of likely N-dealkylation sites (N-methyl/N-ethyl adjacent to an activating group) is 2. The summed E-state index contributed by atoms with van der Waals surface area (Å²) in [5, 5.41) is 11.8. The van der Waals surface area contributed by atoms with E-state index in [1.165, 1.54) is 9.80 Å². The molecule has 0 radical (unpaired) electrons. The zero-order chi connectivity index (χ0) is 9.52. The molecule has 2 amide bonds. The Morgan fingerprint density at radius 2 is 1.92 bits per heavy atom. The van der Waals surface area contributed by atoms with Crippen molar-refractivity contribution in [1.29, 1.82) is 0 Å². The first-order valence-corrected chi connectivity index (χ1v) is 3.67. The molecule has 0 aromatic carbocycles. The molecular weight excluding hydrogens is 158 g/mol. The third-order valence-corrected chi connectivity index (χ3v) is 2.37. The molecule has 1 aliphatic heterocycles. The molecule has 1 saturated heterocycles. The molecule has 1 aliphatic rings. The first-order valence-electron chi connectivity index (χ1n) is 3.67. The fourth-order valence-corrected chi connectivity index (χ4v) is 1.30. The number of nitrogens with zero attached hydrogens (tertiary/aromatic N) is 3. The SMILES string of the molecule is CN1C(=O)N(C)C(C)(C)/C1=N\O. The van der Waals surface area contributed by atoms with Crippen LogP contribution in [-0.2, 0) is 0 Å². The van der Waals surface area contributed by atoms with Gasteiger partial charge >= 0.3 is 6.03 Å². The molecule has 0 aromatic heterocycles. The zero-order valence-corrected chi connectivity index (χ0v) is 7.70. The van der Waals surface area contributed by atoms with E-state index in [1.807, 2.05) is 13.8 Å². The summed E-state index contributed by atoms with van der Waals surface area (Å²) in [5.74, 6) is 0.370. The Morgan fingerprint density at radius 1 is 1.42 bits per heavy atom. The topological polar surface area (TPSA) is 56.1 Å². The lowest BCUT2D eigenvalue weighted by atomic mass is 10.0. The highest BCUT2D eigenvalue weighted by atomic mass is 16.4. The summed E-state index contributed by atoms with van der Waals surface area (Å²) < 4.78 is 0. The van der Waals surface area contributed by atoms with E-state index in [9.17, 15) is 4.79 Å². The van der Waals surface area contributed by atoms with E-state index >= 15 is 0 Å². The molecule has 12 heavy (non-hydrogen) atoms. The van der Waals surface area contributed by atoms with E-state index in [4.69, 9.17) is 5.21 Å². The molecule has 1 fully saturated rings. The highest BCUT2D eigenvalue weighted by Crippen LogP contribution is 2.25. The number of hydrogen-bond donors (Lipinski definition) is 1. The number of urea groups is 1. The van der Waals surface area contributed by atoms with Crippen LogP contribution in [0.15, 0.2) is 5.16 Å². The van der Waals surface area contributed by atoms with Gasteiger partial charge in [-0.05, 0) is 13.8 Å². The van der Waals surface area contributed by atoms with Crippen LogP contribution in [-0.4, -0.2) is 46.5 Å². The van der Waals surface area contributed by atoms with Crippen LogP contribution in [0.4, 0.5) is 4.79 Å². The fraction of sp³-hybridized carbons (Fsp3) is 0.714. The Morgan fingerprint density at radius 3 is 2.08 bits per heavy atom. The molecule has 0 aromatic rings. The van der Waals surface area contributed by atoms with Crippen molar-refractivity contribution >= 4 is 11.9 Å². The molecule has 0 spiro atoms. The van der Waals surface area contributed by atoms with Crippen LogP contribution < -0.4 is 0 Å². The van der Waals surface area contributed by atoms with Gasteiger partial charge in [0.15, 0.2) is 5.84 Å². The van der Waals surface area contributed by atoms with Crippen molar-refractivity contribution in [3.8, 4) is 0 Å². The van der Waals surface area contributed by atoms with Gasteiger partial charge in [-0.15, -0.1) is 0 Å². The third kappa shape index (κ3) is 0.855. The van der Waals surface area contributed by atoms with Crippen molar-refractivity contribution < 1.29 is 10.0 Å². The van der Waals surface area contributed by atoms with E-state index in [2.05, 4.69) is 5.16 Å². The number of carbonyl (C=O) groups excluding carboxylic acids is 1. The molecule has 5 nitrogen and oxygen atoms in total. The maximum atomic E-state index is 11.3. The highest BCUT2D eigenvalue weighted by Gasteiger charge is 2.45. The zero-order valence-electron chi connectivity index (χ0n) is 7.70. The van der Waals surface area contributed by atoms with Gasteiger partial charge in [-0.25, -0.2) is 4.79 Å². The van der Waals surface area contributed by atoms with Gasteiger partial charge < -0.3 is 10.1 Å². The number of amidine groups is 1. The van der Waals surface area contributed by atoms with Gasteiger partial charge in [0.25, 0.3) is 0 Å². The molecule has 0 unspecified atom stereocenters. The van der Waals surface area contributed by atoms with Gasteiger partial charge in [-0.2, -0.15) is 0 Å². The van der Waals surface area contributed by atoms with Crippen molar-refractivity contribution in [3.63, 3.8) is 0 Å². The molecule has 1 rings (SSSR count). The van der Waals surface area contributed by atoms with Gasteiger partial charge in [0, 0.05) is 14.1 Å². The first kappa shape index (κ1) is 8.83.